The van der Waals surface area contributed by atoms with E-state index >= 15 is 0 Å². The molecule has 200 valence electrons. The molecule has 2 amide bonds. The van der Waals surface area contributed by atoms with E-state index in [0.717, 1.165) is 12.1 Å². The van der Waals surface area contributed by atoms with E-state index < -0.39 is 17.7 Å². The van der Waals surface area contributed by atoms with Gasteiger partial charge in [-0.1, -0.05) is 0 Å². The molecule has 0 spiro atoms. The number of hydrogen-bond acceptors (Lipinski definition) is 7. The Morgan fingerprint density at radius 1 is 0.974 bits per heavy atom. The molecule has 2 heterocycles. The molecule has 1 saturated carbocycles. The highest BCUT2D eigenvalue weighted by Crippen LogP contribution is 2.55. The molecule has 2 aromatic carbocycles. The minimum atomic E-state index is -0.606. The molecule has 3 atom stereocenters. The van der Waals surface area contributed by atoms with Gasteiger partial charge in [0.05, 0.1) is 32.6 Å². The van der Waals surface area contributed by atoms with Gasteiger partial charge in [0.25, 0.3) is 0 Å². The lowest BCUT2D eigenvalue weighted by Gasteiger charge is -2.16. The fourth-order valence-electron chi connectivity index (χ4n) is 4.38. The predicted octanol–water partition coefficient (Wildman–Crippen LogP) is 4.49. The number of benzene rings is 2. The zero-order valence-electron chi connectivity index (χ0n) is 20.6. The van der Waals surface area contributed by atoms with E-state index in [1.807, 2.05) is 0 Å². The molecule has 11 heteroatoms. The standard InChI is InChI=1S/C27H27F2N3O6/c1-34-10-11-35-12-13-36-16-2-4-17(5-3-16)38-18-6-9-22(30-14-18)31-27(33)32-25-19-15-37-26-21(29)8-7-20(28)24(26)23(19)25/h2-9,14,19,23,25H,10-13,15H2,1H3,(H2,30,31,32,33)/t19-,23+,25+/m0/s1. The second kappa shape index (κ2) is 11.6. The summed E-state index contributed by atoms with van der Waals surface area (Å²) in [6.45, 7) is 2.17. The van der Waals surface area contributed by atoms with Crippen LogP contribution < -0.4 is 24.8 Å². The normalized spacial score (nSPS) is 19.0. The van der Waals surface area contributed by atoms with Crippen LogP contribution in [-0.2, 0) is 9.47 Å². The number of halogens is 2. The van der Waals surface area contributed by atoms with Gasteiger partial charge in [-0.3, -0.25) is 5.32 Å². The molecule has 2 N–H and O–H groups in total. The average molecular weight is 528 g/mol. The van der Waals surface area contributed by atoms with Crippen molar-refractivity contribution in [2.75, 3.05) is 45.5 Å². The van der Waals surface area contributed by atoms with Crippen molar-refractivity contribution in [2.45, 2.75) is 12.0 Å². The second-order valence-electron chi connectivity index (χ2n) is 8.80. The number of amides is 2. The number of carbonyl (C=O) groups is 1. The molecule has 0 bridgehead atoms. The first-order valence-electron chi connectivity index (χ1n) is 12.1. The Labute approximate surface area is 218 Å². The third kappa shape index (κ3) is 5.95. The molecule has 1 fully saturated rings. The first kappa shape index (κ1) is 25.7. The van der Waals surface area contributed by atoms with Crippen LogP contribution in [0.3, 0.4) is 0 Å². The Balaban J connectivity index is 1.08. The van der Waals surface area contributed by atoms with Gasteiger partial charge >= 0.3 is 6.03 Å². The van der Waals surface area contributed by atoms with E-state index in [0.29, 0.717) is 49.5 Å². The molecule has 2 aliphatic rings. The lowest BCUT2D eigenvalue weighted by Crippen LogP contribution is -2.32. The fourth-order valence-corrected chi connectivity index (χ4v) is 4.38. The summed E-state index contributed by atoms with van der Waals surface area (Å²) in [5.74, 6) is 0.424. The quantitative estimate of drug-likeness (QED) is 0.355. The van der Waals surface area contributed by atoms with Crippen LogP contribution in [0.4, 0.5) is 19.4 Å². The van der Waals surface area contributed by atoms with Gasteiger partial charge in [-0.05, 0) is 48.5 Å². The molecule has 0 unspecified atom stereocenters. The summed E-state index contributed by atoms with van der Waals surface area (Å²) in [5.41, 5.74) is 0.178. The summed E-state index contributed by atoms with van der Waals surface area (Å²) >= 11 is 0. The molecule has 5 rings (SSSR count). The van der Waals surface area contributed by atoms with Crippen LogP contribution in [0.2, 0.25) is 0 Å². The average Bonchev–Trinajstić information content (AvgIpc) is 3.62. The van der Waals surface area contributed by atoms with Gasteiger partial charge < -0.3 is 29.0 Å². The van der Waals surface area contributed by atoms with E-state index in [4.69, 9.17) is 23.7 Å². The van der Waals surface area contributed by atoms with Crippen LogP contribution in [0, 0.1) is 17.6 Å². The number of nitrogens with zero attached hydrogens (tertiary/aromatic N) is 1. The van der Waals surface area contributed by atoms with Gasteiger partial charge in [0, 0.05) is 30.6 Å². The van der Waals surface area contributed by atoms with Crippen molar-refractivity contribution < 1.29 is 37.3 Å². The van der Waals surface area contributed by atoms with E-state index in [9.17, 15) is 13.6 Å². The predicted molar refractivity (Wildman–Crippen MR) is 133 cm³/mol. The fraction of sp³-hybridized carbons (Fsp3) is 0.333. The number of aromatic nitrogens is 1. The third-order valence-electron chi connectivity index (χ3n) is 6.28. The highest BCUT2D eigenvalue weighted by molar-refractivity contribution is 5.89. The highest BCUT2D eigenvalue weighted by Gasteiger charge is 2.57. The summed E-state index contributed by atoms with van der Waals surface area (Å²) in [6, 6.07) is 11.7. The number of methoxy groups -OCH3 is 1. The van der Waals surface area contributed by atoms with E-state index in [1.165, 1.54) is 6.20 Å². The van der Waals surface area contributed by atoms with Gasteiger partial charge in [-0.15, -0.1) is 0 Å². The molecule has 1 aliphatic heterocycles. The molecule has 9 nitrogen and oxygen atoms in total. The minimum Gasteiger partial charge on any atom is -0.491 e. The van der Waals surface area contributed by atoms with Crippen molar-refractivity contribution in [2.24, 2.45) is 5.92 Å². The van der Waals surface area contributed by atoms with Crippen molar-refractivity contribution in [3.63, 3.8) is 0 Å². The summed E-state index contributed by atoms with van der Waals surface area (Å²) in [6.07, 6.45) is 1.48. The number of pyridine rings is 1. The Hall–Kier alpha value is -3.96. The van der Waals surface area contributed by atoms with Crippen LogP contribution in [0.15, 0.2) is 54.7 Å². The van der Waals surface area contributed by atoms with Gasteiger partial charge in [-0.25, -0.2) is 18.6 Å². The van der Waals surface area contributed by atoms with Crippen LogP contribution in [0.1, 0.15) is 11.5 Å². The summed E-state index contributed by atoms with van der Waals surface area (Å²) < 4.78 is 55.3. The third-order valence-corrected chi connectivity index (χ3v) is 6.28. The molecule has 38 heavy (non-hydrogen) atoms. The number of anilines is 1. The van der Waals surface area contributed by atoms with E-state index in [-0.39, 0.29) is 35.8 Å². The molecule has 1 aromatic heterocycles. The molecule has 3 aromatic rings. The number of rotatable bonds is 11. The lowest BCUT2D eigenvalue weighted by molar-refractivity contribution is 0.0544. The molecule has 1 aliphatic carbocycles. The Kier molecular flexibility index (Phi) is 7.85. The van der Waals surface area contributed by atoms with Gasteiger partial charge in [0.2, 0.25) is 0 Å². The van der Waals surface area contributed by atoms with Crippen molar-refractivity contribution >= 4 is 11.8 Å². The number of hydrogen-bond donors (Lipinski definition) is 2. The van der Waals surface area contributed by atoms with Crippen molar-refractivity contribution in [3.05, 3.63) is 71.9 Å². The van der Waals surface area contributed by atoms with Crippen LogP contribution >= 0.6 is 0 Å². The smallest absolute Gasteiger partial charge is 0.320 e. The van der Waals surface area contributed by atoms with Gasteiger partial charge in [0.1, 0.15) is 35.5 Å². The van der Waals surface area contributed by atoms with Crippen LogP contribution in [0.25, 0.3) is 0 Å². The Morgan fingerprint density at radius 2 is 1.71 bits per heavy atom. The van der Waals surface area contributed by atoms with Crippen LogP contribution in [0.5, 0.6) is 23.0 Å². The van der Waals surface area contributed by atoms with Gasteiger partial charge in [-0.2, -0.15) is 0 Å². The van der Waals surface area contributed by atoms with E-state index in [1.54, 1.807) is 43.5 Å². The zero-order valence-corrected chi connectivity index (χ0v) is 20.6. The number of fused-ring (bicyclic) bond motifs is 3. The van der Waals surface area contributed by atoms with Crippen LogP contribution in [-0.4, -0.2) is 57.2 Å². The maximum absolute atomic E-state index is 14.3. The zero-order chi connectivity index (χ0) is 26.5. The summed E-state index contributed by atoms with van der Waals surface area (Å²) in [4.78, 5) is 16.7. The molecule has 0 radical (unpaired) electrons. The number of carbonyl (C=O) groups excluding carboxylic acids is 1. The second-order valence-corrected chi connectivity index (χ2v) is 8.80. The maximum atomic E-state index is 14.3. The summed E-state index contributed by atoms with van der Waals surface area (Å²) in [5, 5.41) is 5.45. The highest BCUT2D eigenvalue weighted by atomic mass is 19.1. The van der Waals surface area contributed by atoms with Crippen molar-refractivity contribution in [3.8, 4) is 23.0 Å². The first-order chi connectivity index (χ1) is 18.5. The molecular formula is C27H27F2N3O6. The Bertz CT molecular complexity index is 1260. The summed E-state index contributed by atoms with van der Waals surface area (Å²) in [7, 11) is 1.62. The monoisotopic (exact) mass is 527 g/mol. The molecular weight excluding hydrogens is 500 g/mol. The van der Waals surface area contributed by atoms with Crippen molar-refractivity contribution in [1.82, 2.24) is 10.3 Å². The lowest BCUT2D eigenvalue weighted by atomic mass is 10.0. The van der Waals surface area contributed by atoms with Crippen molar-refractivity contribution in [1.29, 1.82) is 0 Å². The number of urea groups is 1. The topological polar surface area (TPSA) is 100 Å². The van der Waals surface area contributed by atoms with E-state index in [2.05, 4.69) is 15.6 Å². The number of ether oxygens (including phenoxy) is 5. The largest absolute Gasteiger partial charge is 0.491 e. The first-order valence-corrected chi connectivity index (χ1v) is 12.1. The molecule has 0 saturated heterocycles. The van der Waals surface area contributed by atoms with Gasteiger partial charge in [0.15, 0.2) is 11.6 Å². The number of nitrogens with one attached hydrogen (secondary N) is 2. The Morgan fingerprint density at radius 3 is 2.47 bits per heavy atom. The SMILES string of the molecule is COCCOCCOc1ccc(Oc2ccc(NC(=O)N[C@@H]3[C@H]4COc5c(F)ccc(F)c5[C@@H]43)nc2)cc1. The maximum Gasteiger partial charge on any atom is 0.320 e. The minimum absolute atomic E-state index is 0.0706.